The number of hydrogen-bond donors (Lipinski definition) is 4. The number of nitrogens with zero attached hydrogens (tertiary/aromatic N) is 6. The molecule has 0 unspecified atom stereocenters. The zero-order valence-corrected chi connectivity index (χ0v) is 25.2. The Morgan fingerprint density at radius 1 is 0.468 bits per heavy atom. The van der Waals surface area contributed by atoms with Crippen LogP contribution in [0.15, 0.2) is 130 Å². The third kappa shape index (κ3) is 7.63. The fraction of sp³-hybridized carbons (Fsp3) is 0. The number of phenols is 4. The Labute approximate surface area is 275 Å². The number of benzene rings is 6. The maximum atomic E-state index is 10.6. The predicted molar refractivity (Wildman–Crippen MR) is 169 cm³/mol. The molecular formula is C32H22CrN6O8. The van der Waals surface area contributed by atoms with Crippen LogP contribution in [0.2, 0.25) is 0 Å². The Hall–Kier alpha value is -6.43. The van der Waals surface area contributed by atoms with E-state index in [4.69, 9.17) is 0 Å². The van der Waals surface area contributed by atoms with E-state index in [9.17, 15) is 40.7 Å². The Morgan fingerprint density at radius 2 is 0.851 bits per heavy atom. The number of rotatable bonds is 6. The first-order chi connectivity index (χ1) is 22.1. The van der Waals surface area contributed by atoms with E-state index in [0.717, 1.165) is 22.9 Å². The molecule has 0 saturated carbocycles. The van der Waals surface area contributed by atoms with Crippen molar-refractivity contribution in [2.24, 2.45) is 20.5 Å². The van der Waals surface area contributed by atoms with E-state index < -0.39 is 9.85 Å². The molecule has 0 spiro atoms. The second kappa shape index (κ2) is 14.6. The van der Waals surface area contributed by atoms with Gasteiger partial charge in [-0.2, -0.15) is 0 Å². The van der Waals surface area contributed by atoms with E-state index in [1.807, 2.05) is 36.4 Å². The molecule has 47 heavy (non-hydrogen) atoms. The van der Waals surface area contributed by atoms with Crippen LogP contribution in [0, 0.1) is 20.2 Å². The summed E-state index contributed by atoms with van der Waals surface area (Å²) in [5.74, 6) is -0.812. The van der Waals surface area contributed by atoms with E-state index in [0.29, 0.717) is 10.8 Å². The van der Waals surface area contributed by atoms with Gasteiger partial charge in [0.15, 0.2) is 0 Å². The van der Waals surface area contributed by atoms with E-state index in [-0.39, 0.29) is 74.5 Å². The van der Waals surface area contributed by atoms with Crippen molar-refractivity contribution in [3.63, 3.8) is 0 Å². The molecule has 0 saturated heterocycles. The van der Waals surface area contributed by atoms with Gasteiger partial charge in [-0.25, -0.2) is 0 Å². The number of azo groups is 2. The van der Waals surface area contributed by atoms with Gasteiger partial charge in [0.2, 0.25) is 0 Å². The van der Waals surface area contributed by atoms with Crippen LogP contribution in [-0.2, 0) is 17.4 Å². The molecule has 6 aromatic rings. The molecule has 0 fully saturated rings. The van der Waals surface area contributed by atoms with Crippen LogP contribution in [-0.4, -0.2) is 30.3 Å². The van der Waals surface area contributed by atoms with Crippen molar-refractivity contribution < 1.29 is 47.6 Å². The largest absolute Gasteiger partial charge is 0.506 e. The van der Waals surface area contributed by atoms with E-state index >= 15 is 0 Å². The first-order valence-corrected chi connectivity index (χ1v) is 13.3. The van der Waals surface area contributed by atoms with Gasteiger partial charge in [0.1, 0.15) is 45.7 Å². The topological polar surface area (TPSA) is 217 Å². The van der Waals surface area contributed by atoms with Gasteiger partial charge >= 0.3 is 0 Å². The van der Waals surface area contributed by atoms with Crippen LogP contribution < -0.4 is 0 Å². The zero-order valence-electron chi connectivity index (χ0n) is 23.9. The maximum Gasteiger partial charge on any atom is 0.273 e. The number of aromatic hydroxyl groups is 4. The minimum Gasteiger partial charge on any atom is -0.506 e. The maximum absolute atomic E-state index is 10.6. The number of non-ortho nitro benzene ring substituents is 2. The summed E-state index contributed by atoms with van der Waals surface area (Å²) in [6, 6.07) is 28.2. The van der Waals surface area contributed by atoms with E-state index in [1.54, 1.807) is 24.3 Å². The molecule has 0 aromatic heterocycles. The van der Waals surface area contributed by atoms with Crippen molar-refractivity contribution >= 4 is 55.7 Å². The van der Waals surface area contributed by atoms with Crippen LogP contribution in [0.3, 0.4) is 0 Å². The fourth-order valence-corrected chi connectivity index (χ4v) is 4.33. The molecule has 0 aliphatic rings. The van der Waals surface area contributed by atoms with Crippen LogP contribution >= 0.6 is 0 Å². The minimum absolute atomic E-state index is 0. The molecule has 234 valence electrons. The van der Waals surface area contributed by atoms with Crippen molar-refractivity contribution in [1.82, 2.24) is 0 Å². The Bertz CT molecular complexity index is 2040. The molecule has 0 bridgehead atoms. The van der Waals surface area contributed by atoms with Gasteiger partial charge in [0.05, 0.1) is 22.0 Å². The summed E-state index contributed by atoms with van der Waals surface area (Å²) in [6.07, 6.45) is 0. The summed E-state index contributed by atoms with van der Waals surface area (Å²) in [5, 5.41) is 79.7. The van der Waals surface area contributed by atoms with Crippen molar-refractivity contribution in [3.05, 3.63) is 129 Å². The second-order valence-electron chi connectivity index (χ2n) is 9.57. The standard InChI is InChI=1S/2C16H11N3O4.Cr/c2*20-14-8-5-10-3-1-2-4-12(10)16(14)18-17-13-7-6-11(19(22)23)9-15(13)21;/h2*1-9,20-21H;. The zero-order chi connectivity index (χ0) is 32.8. The van der Waals surface area contributed by atoms with Crippen LogP contribution in [0.4, 0.5) is 34.1 Å². The van der Waals surface area contributed by atoms with Gasteiger partial charge in [-0.05, 0) is 35.0 Å². The SMILES string of the molecule is O=[N+]([O-])c1ccc(N=Nc2c(O)ccc3ccccc23)c(O)c1.O=[N+]([O-])c1ccc(N=Nc2c(O)ccc3ccccc23)c(O)c1.[Cr]. The second-order valence-corrected chi connectivity index (χ2v) is 9.57. The molecule has 4 N–H and O–H groups in total. The summed E-state index contributed by atoms with van der Waals surface area (Å²) in [6.45, 7) is 0. The molecule has 6 rings (SSSR count). The molecule has 0 heterocycles. The van der Waals surface area contributed by atoms with Crippen molar-refractivity contribution in [2.75, 3.05) is 0 Å². The molecule has 14 nitrogen and oxygen atoms in total. The first kappa shape index (κ1) is 33.5. The summed E-state index contributed by atoms with van der Waals surface area (Å²) >= 11 is 0. The Kier molecular flexibility index (Phi) is 10.4. The van der Waals surface area contributed by atoms with Gasteiger partial charge in [-0.3, -0.25) is 20.2 Å². The van der Waals surface area contributed by atoms with Gasteiger partial charge in [-0.1, -0.05) is 60.7 Å². The van der Waals surface area contributed by atoms with Gasteiger partial charge in [0.25, 0.3) is 11.4 Å². The van der Waals surface area contributed by atoms with Gasteiger partial charge < -0.3 is 20.4 Å². The minimum atomic E-state index is -0.614. The molecule has 0 atom stereocenters. The molecule has 0 aliphatic heterocycles. The summed E-state index contributed by atoms with van der Waals surface area (Å²) in [7, 11) is 0. The molecule has 0 radical (unpaired) electrons. The van der Waals surface area contributed by atoms with E-state index in [2.05, 4.69) is 20.5 Å². The van der Waals surface area contributed by atoms with Crippen LogP contribution in [0.1, 0.15) is 0 Å². The summed E-state index contributed by atoms with van der Waals surface area (Å²) < 4.78 is 0. The fourth-order valence-electron chi connectivity index (χ4n) is 4.33. The predicted octanol–water partition coefficient (Wildman–Crippen LogP) is 9.15. The number of phenolic OH excluding ortho intramolecular Hbond substituents is 4. The monoisotopic (exact) mass is 670 g/mol. The average molecular weight is 671 g/mol. The Morgan fingerprint density at radius 3 is 1.21 bits per heavy atom. The molecule has 15 heteroatoms. The van der Waals surface area contributed by atoms with Gasteiger partial charge in [-0.15, -0.1) is 20.5 Å². The average Bonchev–Trinajstić information content (AvgIpc) is 3.05. The van der Waals surface area contributed by atoms with Crippen LogP contribution in [0.25, 0.3) is 21.5 Å². The molecule has 0 amide bonds. The third-order valence-electron chi connectivity index (χ3n) is 6.61. The normalized spacial score (nSPS) is 10.9. The Balaban J connectivity index is 0.000000208. The number of nitro benzene ring substituents is 2. The van der Waals surface area contributed by atoms with Crippen molar-refractivity contribution in [3.8, 4) is 23.0 Å². The van der Waals surface area contributed by atoms with Crippen molar-refractivity contribution in [2.45, 2.75) is 0 Å². The first-order valence-electron chi connectivity index (χ1n) is 13.3. The van der Waals surface area contributed by atoms with Gasteiger partial charge in [0, 0.05) is 40.3 Å². The number of nitro groups is 2. The summed E-state index contributed by atoms with van der Waals surface area (Å²) in [4.78, 5) is 20.1. The number of fused-ring (bicyclic) bond motifs is 2. The third-order valence-corrected chi connectivity index (χ3v) is 6.61. The van der Waals surface area contributed by atoms with Crippen molar-refractivity contribution in [1.29, 1.82) is 0 Å². The molecular weight excluding hydrogens is 648 g/mol. The van der Waals surface area contributed by atoms with E-state index in [1.165, 1.54) is 36.4 Å². The quantitative estimate of drug-likeness (QED) is 0.0759. The molecule has 0 aliphatic carbocycles. The smallest absolute Gasteiger partial charge is 0.273 e. The van der Waals surface area contributed by atoms with Crippen LogP contribution in [0.5, 0.6) is 23.0 Å². The number of hydrogen-bond acceptors (Lipinski definition) is 12. The molecule has 6 aromatic carbocycles. The summed E-state index contributed by atoms with van der Waals surface area (Å²) in [5.41, 5.74) is 0.191.